The van der Waals surface area contributed by atoms with E-state index in [-0.39, 0.29) is 18.4 Å². The highest BCUT2D eigenvalue weighted by molar-refractivity contribution is 5.86. The van der Waals surface area contributed by atoms with Gasteiger partial charge in [0, 0.05) is 19.0 Å². The number of rotatable bonds is 3. The van der Waals surface area contributed by atoms with Crippen molar-refractivity contribution < 1.29 is 14.7 Å². The van der Waals surface area contributed by atoms with Crippen LogP contribution < -0.4 is 0 Å². The molecule has 2 rings (SSSR count). The van der Waals surface area contributed by atoms with Crippen LogP contribution in [0.5, 0.6) is 0 Å². The van der Waals surface area contributed by atoms with Gasteiger partial charge in [-0.2, -0.15) is 0 Å². The number of carbonyl (C=O) groups is 2. The first-order chi connectivity index (χ1) is 8.09. The predicted octanol–water partition coefficient (Wildman–Crippen LogP) is 1.51. The van der Waals surface area contributed by atoms with Crippen LogP contribution in [0.15, 0.2) is 30.3 Å². The van der Waals surface area contributed by atoms with Crippen molar-refractivity contribution in [2.45, 2.75) is 25.9 Å². The zero-order valence-corrected chi connectivity index (χ0v) is 9.67. The summed E-state index contributed by atoms with van der Waals surface area (Å²) in [6.45, 7) is 2.29. The molecule has 0 aromatic heterocycles. The van der Waals surface area contributed by atoms with Gasteiger partial charge in [-0.3, -0.25) is 9.59 Å². The molecule has 0 spiro atoms. The molecule has 4 heteroatoms. The number of hydrogen-bond acceptors (Lipinski definition) is 2. The van der Waals surface area contributed by atoms with Crippen LogP contribution >= 0.6 is 0 Å². The highest BCUT2D eigenvalue weighted by atomic mass is 16.4. The Kier molecular flexibility index (Phi) is 3.13. The van der Waals surface area contributed by atoms with Crippen LogP contribution in [0.2, 0.25) is 0 Å². The smallest absolute Gasteiger partial charge is 0.309 e. The van der Waals surface area contributed by atoms with E-state index >= 15 is 0 Å². The molecule has 1 amide bonds. The average Bonchev–Trinajstić information content (AvgIpc) is 2.58. The van der Waals surface area contributed by atoms with Gasteiger partial charge in [0.15, 0.2) is 0 Å². The molecular formula is C13H15NO3. The lowest BCUT2D eigenvalue weighted by Crippen LogP contribution is -2.34. The first-order valence-electron chi connectivity index (χ1n) is 5.66. The summed E-state index contributed by atoms with van der Waals surface area (Å²) in [5.41, 5.74) is 1.03. The van der Waals surface area contributed by atoms with Gasteiger partial charge in [0.1, 0.15) is 0 Å². The molecule has 0 unspecified atom stereocenters. The third kappa shape index (κ3) is 2.30. The van der Waals surface area contributed by atoms with Gasteiger partial charge in [0.05, 0.1) is 5.92 Å². The van der Waals surface area contributed by atoms with E-state index in [0.717, 1.165) is 5.56 Å². The lowest BCUT2D eigenvalue weighted by molar-refractivity contribution is -0.142. The molecule has 1 aliphatic rings. The Morgan fingerprint density at radius 1 is 1.41 bits per heavy atom. The van der Waals surface area contributed by atoms with Gasteiger partial charge in [0.2, 0.25) is 5.91 Å². The van der Waals surface area contributed by atoms with Gasteiger partial charge < -0.3 is 10.0 Å². The largest absolute Gasteiger partial charge is 0.481 e. The zero-order chi connectivity index (χ0) is 12.4. The number of hydrogen-bond donors (Lipinski definition) is 1. The summed E-state index contributed by atoms with van der Waals surface area (Å²) in [6, 6.07) is 9.38. The topological polar surface area (TPSA) is 57.6 Å². The molecule has 0 aliphatic carbocycles. The average molecular weight is 233 g/mol. The van der Waals surface area contributed by atoms with Crippen molar-refractivity contribution in [2.24, 2.45) is 5.92 Å². The quantitative estimate of drug-likeness (QED) is 0.860. The summed E-state index contributed by atoms with van der Waals surface area (Å²) in [4.78, 5) is 24.4. The summed E-state index contributed by atoms with van der Waals surface area (Å²) in [6.07, 6.45) is 0.114. The van der Waals surface area contributed by atoms with E-state index in [0.29, 0.717) is 6.54 Å². The lowest BCUT2D eigenvalue weighted by atomic mass is 10.0. The zero-order valence-electron chi connectivity index (χ0n) is 9.67. The monoisotopic (exact) mass is 233 g/mol. The van der Waals surface area contributed by atoms with Gasteiger partial charge >= 0.3 is 5.97 Å². The molecule has 4 nitrogen and oxygen atoms in total. The second kappa shape index (κ2) is 4.57. The van der Waals surface area contributed by atoms with Crippen molar-refractivity contribution in [3.8, 4) is 0 Å². The molecule has 1 saturated heterocycles. The minimum Gasteiger partial charge on any atom is -0.481 e. The van der Waals surface area contributed by atoms with E-state index in [1.165, 1.54) is 0 Å². The van der Waals surface area contributed by atoms with E-state index in [2.05, 4.69) is 0 Å². The molecule has 0 radical (unpaired) electrons. The summed E-state index contributed by atoms with van der Waals surface area (Å²) in [5.74, 6) is -1.54. The predicted molar refractivity (Wildman–Crippen MR) is 62.2 cm³/mol. The molecule has 1 aromatic carbocycles. The van der Waals surface area contributed by atoms with Crippen LogP contribution in [0, 0.1) is 5.92 Å². The normalized spacial score (nSPS) is 24.1. The van der Waals surface area contributed by atoms with Crippen molar-refractivity contribution in [3.63, 3.8) is 0 Å². The van der Waals surface area contributed by atoms with Crippen LogP contribution in [-0.2, 0) is 16.1 Å². The number of benzene rings is 1. The number of carboxylic acids is 1. The highest BCUT2D eigenvalue weighted by Gasteiger charge is 2.40. The summed E-state index contributed by atoms with van der Waals surface area (Å²) < 4.78 is 0. The Morgan fingerprint density at radius 3 is 2.59 bits per heavy atom. The molecule has 1 N–H and O–H groups in total. The number of carbonyl (C=O) groups excluding carboxylic acids is 1. The Labute approximate surface area is 99.9 Å². The summed E-state index contributed by atoms with van der Waals surface area (Å²) in [7, 11) is 0. The molecule has 1 aromatic rings. The van der Waals surface area contributed by atoms with Crippen molar-refractivity contribution in [3.05, 3.63) is 35.9 Å². The lowest BCUT2D eigenvalue weighted by Gasteiger charge is -2.23. The van der Waals surface area contributed by atoms with Crippen molar-refractivity contribution >= 4 is 11.9 Å². The minimum atomic E-state index is -0.888. The van der Waals surface area contributed by atoms with Crippen LogP contribution in [0.4, 0.5) is 0 Å². The number of likely N-dealkylation sites (tertiary alicyclic amines) is 1. The van der Waals surface area contributed by atoms with Crippen LogP contribution in [0.1, 0.15) is 18.9 Å². The van der Waals surface area contributed by atoms with Gasteiger partial charge in [-0.1, -0.05) is 30.3 Å². The van der Waals surface area contributed by atoms with E-state index in [1.54, 1.807) is 11.8 Å². The Bertz CT molecular complexity index is 430. The first kappa shape index (κ1) is 11.6. The molecular weight excluding hydrogens is 218 g/mol. The molecule has 1 aliphatic heterocycles. The maximum absolute atomic E-state index is 11.8. The Morgan fingerprint density at radius 2 is 2.06 bits per heavy atom. The van der Waals surface area contributed by atoms with Crippen molar-refractivity contribution in [2.75, 3.05) is 0 Å². The number of carboxylic acid groups (broad SMARTS) is 1. The minimum absolute atomic E-state index is 0.0752. The van der Waals surface area contributed by atoms with Gasteiger partial charge in [-0.15, -0.1) is 0 Å². The number of amides is 1. The maximum atomic E-state index is 11.8. The van der Waals surface area contributed by atoms with Crippen molar-refractivity contribution in [1.82, 2.24) is 4.90 Å². The van der Waals surface area contributed by atoms with E-state index in [1.807, 2.05) is 30.3 Å². The summed E-state index contributed by atoms with van der Waals surface area (Å²) >= 11 is 0. The fraction of sp³-hybridized carbons (Fsp3) is 0.385. The number of nitrogens with zero attached hydrogens (tertiary/aromatic N) is 1. The van der Waals surface area contributed by atoms with Crippen LogP contribution in [0.25, 0.3) is 0 Å². The second-order valence-corrected chi connectivity index (χ2v) is 4.40. The molecule has 1 heterocycles. The first-order valence-corrected chi connectivity index (χ1v) is 5.66. The SMILES string of the molecule is C[C@@H]1[C@@H](C(=O)O)CC(=O)N1Cc1ccccc1. The van der Waals surface area contributed by atoms with Gasteiger partial charge in [0.25, 0.3) is 0 Å². The second-order valence-electron chi connectivity index (χ2n) is 4.40. The third-order valence-electron chi connectivity index (χ3n) is 3.30. The van der Waals surface area contributed by atoms with Crippen molar-refractivity contribution in [1.29, 1.82) is 0 Å². The third-order valence-corrected chi connectivity index (χ3v) is 3.30. The van der Waals surface area contributed by atoms with E-state index in [9.17, 15) is 9.59 Å². The van der Waals surface area contributed by atoms with E-state index < -0.39 is 11.9 Å². The van der Waals surface area contributed by atoms with Crippen LogP contribution in [0.3, 0.4) is 0 Å². The molecule has 2 atom stereocenters. The Hall–Kier alpha value is -1.84. The molecule has 0 bridgehead atoms. The van der Waals surface area contributed by atoms with E-state index in [4.69, 9.17) is 5.11 Å². The number of aliphatic carboxylic acids is 1. The standard InChI is InChI=1S/C13H15NO3/c1-9-11(13(16)17)7-12(15)14(9)8-10-5-3-2-4-6-10/h2-6,9,11H,7-8H2,1H3,(H,16,17)/t9-,11+/m1/s1. The van der Waals surface area contributed by atoms with Gasteiger partial charge in [-0.25, -0.2) is 0 Å². The summed E-state index contributed by atoms with van der Waals surface area (Å²) in [5, 5.41) is 9.01. The highest BCUT2D eigenvalue weighted by Crippen LogP contribution is 2.27. The molecule has 90 valence electrons. The fourth-order valence-electron chi connectivity index (χ4n) is 2.23. The van der Waals surface area contributed by atoms with Crippen LogP contribution in [-0.4, -0.2) is 27.9 Å². The fourth-order valence-corrected chi connectivity index (χ4v) is 2.23. The molecule has 0 saturated carbocycles. The Balaban J connectivity index is 2.12. The molecule has 17 heavy (non-hydrogen) atoms. The maximum Gasteiger partial charge on any atom is 0.309 e. The van der Waals surface area contributed by atoms with Gasteiger partial charge in [-0.05, 0) is 12.5 Å². The molecule has 1 fully saturated rings.